The van der Waals surface area contributed by atoms with Crippen LogP contribution in [0.15, 0.2) is 41.5 Å². The fourth-order valence-corrected chi connectivity index (χ4v) is 1.82. The average Bonchev–Trinajstić information content (AvgIpc) is 2.83. The van der Waals surface area contributed by atoms with Crippen LogP contribution in [0.25, 0.3) is 17.0 Å². The van der Waals surface area contributed by atoms with Crippen molar-refractivity contribution in [3.8, 4) is 11.3 Å². The Labute approximate surface area is 96.8 Å². The van der Waals surface area contributed by atoms with E-state index in [4.69, 9.17) is 0 Å². The largest absolute Gasteiger partial charge is 0.278 e. The first-order chi connectivity index (χ1) is 8.27. The summed E-state index contributed by atoms with van der Waals surface area (Å²) >= 11 is 0. The van der Waals surface area contributed by atoms with Gasteiger partial charge in [0.05, 0.1) is 5.69 Å². The third-order valence-electron chi connectivity index (χ3n) is 2.70. The van der Waals surface area contributed by atoms with Crippen LogP contribution < -0.4 is 5.56 Å². The smallest absolute Gasteiger partial charge is 0.277 e. The van der Waals surface area contributed by atoms with Gasteiger partial charge in [0, 0.05) is 11.1 Å². The van der Waals surface area contributed by atoms with Crippen LogP contribution in [0.1, 0.15) is 5.56 Å². The number of H-pyrrole nitrogens is 1. The lowest BCUT2D eigenvalue weighted by Crippen LogP contribution is -2.19. The molecule has 0 spiro atoms. The van der Waals surface area contributed by atoms with E-state index < -0.39 is 0 Å². The van der Waals surface area contributed by atoms with Crippen LogP contribution in [0.2, 0.25) is 0 Å². The Morgan fingerprint density at radius 2 is 2.00 bits per heavy atom. The zero-order valence-electron chi connectivity index (χ0n) is 9.21. The maximum Gasteiger partial charge on any atom is 0.277 e. The number of hydrogen-bond donors (Lipinski definition) is 1. The lowest BCUT2D eigenvalue weighted by atomic mass is 10.1. The second kappa shape index (κ2) is 3.55. The molecule has 5 nitrogen and oxygen atoms in total. The molecule has 0 aliphatic rings. The molecular formula is C12H10N4O. The first-order valence-corrected chi connectivity index (χ1v) is 5.25. The van der Waals surface area contributed by atoms with E-state index in [1.54, 1.807) is 6.92 Å². The molecule has 2 aromatic heterocycles. The minimum atomic E-state index is -0.119. The highest BCUT2D eigenvalue weighted by Gasteiger charge is 2.11. The third kappa shape index (κ3) is 1.44. The molecule has 5 heteroatoms. The summed E-state index contributed by atoms with van der Waals surface area (Å²) in [6.45, 7) is 1.77. The van der Waals surface area contributed by atoms with Crippen molar-refractivity contribution in [3.63, 3.8) is 0 Å². The van der Waals surface area contributed by atoms with Crippen LogP contribution in [0, 0.1) is 6.92 Å². The molecule has 1 aromatic carbocycles. The zero-order chi connectivity index (χ0) is 11.8. The van der Waals surface area contributed by atoms with E-state index in [1.807, 2.05) is 30.3 Å². The monoisotopic (exact) mass is 226 g/mol. The molecule has 1 N–H and O–H groups in total. The van der Waals surface area contributed by atoms with Gasteiger partial charge in [0.25, 0.3) is 11.3 Å². The molecule has 17 heavy (non-hydrogen) atoms. The molecule has 84 valence electrons. The zero-order valence-corrected chi connectivity index (χ0v) is 9.21. The summed E-state index contributed by atoms with van der Waals surface area (Å²) in [6.07, 6.45) is 1.46. The van der Waals surface area contributed by atoms with Crippen molar-refractivity contribution in [2.45, 2.75) is 6.92 Å². The maximum absolute atomic E-state index is 12.0. The Kier molecular flexibility index (Phi) is 2.04. The quantitative estimate of drug-likeness (QED) is 0.682. The Morgan fingerprint density at radius 3 is 2.76 bits per heavy atom. The minimum Gasteiger partial charge on any atom is -0.278 e. The fourth-order valence-electron chi connectivity index (χ4n) is 1.82. The summed E-state index contributed by atoms with van der Waals surface area (Å²) in [4.78, 5) is 20.4. The van der Waals surface area contributed by atoms with Crippen LogP contribution in [-0.2, 0) is 0 Å². The van der Waals surface area contributed by atoms with E-state index in [9.17, 15) is 4.79 Å². The fraction of sp³-hybridized carbons (Fsp3) is 0.0833. The van der Waals surface area contributed by atoms with Crippen molar-refractivity contribution in [1.29, 1.82) is 0 Å². The topological polar surface area (TPSA) is 63.1 Å². The predicted octanol–water partition coefficient (Wildman–Crippen LogP) is 1.39. The van der Waals surface area contributed by atoms with E-state index in [2.05, 4.69) is 15.1 Å². The molecule has 0 unspecified atom stereocenters. The van der Waals surface area contributed by atoms with Crippen LogP contribution in [0.5, 0.6) is 0 Å². The Bertz CT molecular complexity index is 727. The number of nitrogens with zero attached hydrogens (tertiary/aromatic N) is 3. The SMILES string of the molecule is Cc1c(-c2ccccc2)nc2nc[nH]n2c1=O. The molecular weight excluding hydrogens is 216 g/mol. The van der Waals surface area contributed by atoms with Gasteiger partial charge < -0.3 is 0 Å². The van der Waals surface area contributed by atoms with Gasteiger partial charge in [-0.05, 0) is 6.92 Å². The standard InChI is InChI=1S/C12H10N4O/c1-8-10(9-5-3-2-4-6-9)15-12-13-7-14-16(12)11(8)17/h2-7H,1H3,(H,13,14,15). The van der Waals surface area contributed by atoms with Crippen LogP contribution in [-0.4, -0.2) is 19.6 Å². The van der Waals surface area contributed by atoms with Crippen molar-refractivity contribution in [1.82, 2.24) is 19.6 Å². The number of fused-ring (bicyclic) bond motifs is 1. The van der Waals surface area contributed by atoms with E-state index in [0.29, 0.717) is 17.0 Å². The summed E-state index contributed by atoms with van der Waals surface area (Å²) in [5, 5.41) is 2.74. The molecule has 2 heterocycles. The van der Waals surface area contributed by atoms with Crippen molar-refractivity contribution in [2.24, 2.45) is 0 Å². The second-order valence-electron chi connectivity index (χ2n) is 3.78. The number of hydrogen-bond acceptors (Lipinski definition) is 3. The summed E-state index contributed by atoms with van der Waals surface area (Å²) in [5.41, 5.74) is 2.10. The van der Waals surface area contributed by atoms with Crippen molar-refractivity contribution in [2.75, 3.05) is 0 Å². The van der Waals surface area contributed by atoms with Gasteiger partial charge in [-0.2, -0.15) is 4.52 Å². The summed E-state index contributed by atoms with van der Waals surface area (Å²) in [6, 6.07) is 9.63. The number of benzene rings is 1. The molecule has 0 fully saturated rings. The number of aromatic amines is 1. The van der Waals surface area contributed by atoms with E-state index >= 15 is 0 Å². The third-order valence-corrected chi connectivity index (χ3v) is 2.70. The first-order valence-electron chi connectivity index (χ1n) is 5.25. The highest BCUT2D eigenvalue weighted by Crippen LogP contribution is 2.18. The van der Waals surface area contributed by atoms with Gasteiger partial charge in [-0.25, -0.2) is 9.97 Å². The summed E-state index contributed by atoms with van der Waals surface area (Å²) < 4.78 is 1.34. The first kappa shape index (κ1) is 9.77. The lowest BCUT2D eigenvalue weighted by Gasteiger charge is -2.04. The van der Waals surface area contributed by atoms with Crippen LogP contribution in [0.4, 0.5) is 0 Å². The molecule has 0 aliphatic carbocycles. The van der Waals surface area contributed by atoms with Crippen molar-refractivity contribution < 1.29 is 0 Å². The molecule has 0 bridgehead atoms. The van der Waals surface area contributed by atoms with Gasteiger partial charge in [0.1, 0.15) is 6.33 Å². The highest BCUT2D eigenvalue weighted by molar-refractivity contribution is 5.63. The minimum absolute atomic E-state index is 0.119. The molecule has 0 atom stereocenters. The molecule has 0 saturated heterocycles. The highest BCUT2D eigenvalue weighted by atomic mass is 16.1. The Hall–Kier alpha value is -2.43. The molecule has 3 rings (SSSR count). The lowest BCUT2D eigenvalue weighted by molar-refractivity contribution is 0.887. The van der Waals surface area contributed by atoms with Gasteiger partial charge in [0.15, 0.2) is 0 Å². The summed E-state index contributed by atoms with van der Waals surface area (Å²) in [5.74, 6) is 0.388. The maximum atomic E-state index is 12.0. The van der Waals surface area contributed by atoms with E-state index in [0.717, 1.165) is 5.56 Å². The Morgan fingerprint density at radius 1 is 1.24 bits per heavy atom. The van der Waals surface area contributed by atoms with Gasteiger partial charge >= 0.3 is 0 Å². The van der Waals surface area contributed by atoms with Crippen LogP contribution in [0.3, 0.4) is 0 Å². The average molecular weight is 226 g/mol. The molecule has 0 aliphatic heterocycles. The predicted molar refractivity (Wildman–Crippen MR) is 63.8 cm³/mol. The number of rotatable bonds is 1. The van der Waals surface area contributed by atoms with E-state index in [-0.39, 0.29) is 5.56 Å². The second-order valence-corrected chi connectivity index (χ2v) is 3.78. The Balaban J connectivity index is 2.38. The van der Waals surface area contributed by atoms with Crippen molar-refractivity contribution in [3.05, 3.63) is 52.6 Å². The van der Waals surface area contributed by atoms with Gasteiger partial charge in [-0.1, -0.05) is 30.3 Å². The normalized spacial score (nSPS) is 10.9. The summed E-state index contributed by atoms with van der Waals surface area (Å²) in [7, 11) is 0. The van der Waals surface area contributed by atoms with Gasteiger partial charge in [-0.3, -0.25) is 9.89 Å². The molecule has 3 aromatic rings. The van der Waals surface area contributed by atoms with E-state index in [1.165, 1.54) is 10.8 Å². The van der Waals surface area contributed by atoms with Gasteiger partial charge in [-0.15, -0.1) is 0 Å². The van der Waals surface area contributed by atoms with Crippen LogP contribution >= 0.6 is 0 Å². The number of aromatic nitrogens is 4. The molecule has 0 saturated carbocycles. The molecule has 0 radical (unpaired) electrons. The number of nitrogens with one attached hydrogen (secondary N) is 1. The van der Waals surface area contributed by atoms with Crippen molar-refractivity contribution >= 4 is 5.78 Å². The van der Waals surface area contributed by atoms with Gasteiger partial charge in [0.2, 0.25) is 0 Å². The molecule has 0 amide bonds.